The number of rotatable bonds is 6. The highest BCUT2D eigenvalue weighted by Gasteiger charge is 2.19. The van der Waals surface area contributed by atoms with Crippen molar-refractivity contribution in [3.8, 4) is 5.88 Å². The van der Waals surface area contributed by atoms with Gasteiger partial charge in [-0.15, -0.1) is 0 Å². The van der Waals surface area contributed by atoms with Gasteiger partial charge in [-0.2, -0.15) is 0 Å². The minimum Gasteiger partial charge on any atom is -0.494 e. The van der Waals surface area contributed by atoms with Gasteiger partial charge in [-0.1, -0.05) is 48.5 Å². The number of aromatic nitrogens is 3. The number of allylic oxidation sites excluding steroid dienone is 1. The Kier molecular flexibility index (Phi) is 5.17. The minimum atomic E-state index is -0.915. The van der Waals surface area contributed by atoms with Crippen molar-refractivity contribution < 1.29 is 9.90 Å². The molecular formula is C23H19N3O4. The minimum absolute atomic E-state index is 0.123. The van der Waals surface area contributed by atoms with Gasteiger partial charge in [0.2, 0.25) is 5.88 Å². The van der Waals surface area contributed by atoms with E-state index in [-0.39, 0.29) is 6.54 Å². The molecule has 0 radical (unpaired) electrons. The summed E-state index contributed by atoms with van der Waals surface area (Å²) < 4.78 is 1.00. The molecule has 7 heteroatoms. The third-order valence-electron chi connectivity index (χ3n) is 4.92. The van der Waals surface area contributed by atoms with Crippen molar-refractivity contribution in [2.75, 3.05) is 0 Å². The van der Waals surface area contributed by atoms with Gasteiger partial charge >= 0.3 is 5.69 Å². The lowest BCUT2D eigenvalue weighted by Crippen LogP contribution is -2.34. The number of aromatic hydroxyl groups is 1. The van der Waals surface area contributed by atoms with Crippen molar-refractivity contribution in [1.29, 1.82) is 0 Å². The number of nitrogens with one attached hydrogen (secondary N) is 2. The standard InChI is InChI=1S/C23H19N3O4/c27-19(11-10-16-14-24-18-9-5-4-8-17(16)18)20-21(28)25-23(30)26(22(20)29)13-12-15-6-2-1-3-7-15/h1-11,14,24,29H,12-13H2,(H,25,28,30)/b11-10+. The van der Waals surface area contributed by atoms with Gasteiger partial charge in [0.15, 0.2) is 5.78 Å². The number of hydrogen-bond acceptors (Lipinski definition) is 4. The lowest BCUT2D eigenvalue weighted by atomic mass is 10.1. The molecule has 0 unspecified atom stereocenters. The summed E-state index contributed by atoms with van der Waals surface area (Å²) in [5.41, 5.74) is 0.514. The van der Waals surface area contributed by atoms with Crippen LogP contribution in [0.1, 0.15) is 21.5 Å². The molecule has 3 N–H and O–H groups in total. The highest BCUT2D eigenvalue weighted by atomic mass is 16.3. The number of ketones is 1. The second-order valence-corrected chi connectivity index (χ2v) is 6.83. The fourth-order valence-electron chi connectivity index (χ4n) is 3.36. The third-order valence-corrected chi connectivity index (χ3v) is 4.92. The van der Waals surface area contributed by atoms with E-state index in [9.17, 15) is 19.5 Å². The van der Waals surface area contributed by atoms with Crippen LogP contribution in [-0.4, -0.2) is 25.4 Å². The van der Waals surface area contributed by atoms with E-state index >= 15 is 0 Å². The fourth-order valence-corrected chi connectivity index (χ4v) is 3.36. The average molecular weight is 401 g/mol. The molecule has 2 heterocycles. The quantitative estimate of drug-likeness (QED) is 0.341. The lowest BCUT2D eigenvalue weighted by Gasteiger charge is -2.10. The second kappa shape index (κ2) is 8.08. The Morgan fingerprint density at radius 2 is 1.77 bits per heavy atom. The first-order valence-electron chi connectivity index (χ1n) is 9.43. The molecule has 7 nitrogen and oxygen atoms in total. The summed E-state index contributed by atoms with van der Waals surface area (Å²) in [5, 5.41) is 11.4. The highest BCUT2D eigenvalue weighted by Crippen LogP contribution is 2.20. The molecule has 0 saturated heterocycles. The maximum atomic E-state index is 12.7. The monoisotopic (exact) mass is 401 g/mol. The van der Waals surface area contributed by atoms with E-state index in [1.54, 1.807) is 12.3 Å². The molecule has 0 bridgehead atoms. The average Bonchev–Trinajstić information content (AvgIpc) is 3.16. The van der Waals surface area contributed by atoms with Crippen molar-refractivity contribution >= 4 is 22.8 Å². The van der Waals surface area contributed by atoms with Crippen LogP contribution in [0.2, 0.25) is 0 Å². The van der Waals surface area contributed by atoms with E-state index in [4.69, 9.17) is 0 Å². The van der Waals surface area contributed by atoms with Crippen LogP contribution in [0.25, 0.3) is 17.0 Å². The molecule has 4 aromatic rings. The Morgan fingerprint density at radius 1 is 1.03 bits per heavy atom. The zero-order valence-electron chi connectivity index (χ0n) is 16.0. The van der Waals surface area contributed by atoms with Crippen molar-refractivity contribution in [3.63, 3.8) is 0 Å². The normalized spacial score (nSPS) is 11.3. The maximum absolute atomic E-state index is 12.7. The Labute approximate surface area is 170 Å². The smallest absolute Gasteiger partial charge is 0.331 e. The molecule has 2 aromatic heterocycles. The molecule has 2 aromatic carbocycles. The predicted octanol–water partition coefficient (Wildman–Crippen LogP) is 2.86. The van der Waals surface area contributed by atoms with E-state index in [0.29, 0.717) is 6.42 Å². The van der Waals surface area contributed by atoms with Crippen LogP contribution in [0.3, 0.4) is 0 Å². The van der Waals surface area contributed by atoms with Crippen LogP contribution < -0.4 is 11.2 Å². The summed E-state index contributed by atoms with van der Waals surface area (Å²) in [6.45, 7) is 0.123. The molecule has 30 heavy (non-hydrogen) atoms. The molecule has 150 valence electrons. The number of carbonyl (C=O) groups excluding carboxylic acids is 1. The van der Waals surface area contributed by atoms with Gasteiger partial charge in [-0.05, 0) is 35.8 Å². The fraction of sp³-hybridized carbons (Fsp3) is 0.0870. The van der Waals surface area contributed by atoms with Gasteiger partial charge in [-0.25, -0.2) is 4.79 Å². The topological polar surface area (TPSA) is 108 Å². The van der Waals surface area contributed by atoms with Crippen LogP contribution in [0.5, 0.6) is 5.88 Å². The Morgan fingerprint density at radius 3 is 2.57 bits per heavy atom. The van der Waals surface area contributed by atoms with Gasteiger partial charge in [0.05, 0.1) is 0 Å². The lowest BCUT2D eigenvalue weighted by molar-refractivity contribution is 0.104. The summed E-state index contributed by atoms with van der Waals surface area (Å²) in [7, 11) is 0. The maximum Gasteiger partial charge on any atom is 0.331 e. The van der Waals surface area contributed by atoms with Gasteiger partial charge in [0.1, 0.15) is 5.56 Å². The zero-order chi connectivity index (χ0) is 21.1. The summed E-state index contributed by atoms with van der Waals surface area (Å²) in [4.78, 5) is 42.3. The van der Waals surface area contributed by atoms with Crippen molar-refractivity contribution in [3.05, 3.63) is 104 Å². The van der Waals surface area contributed by atoms with Crippen molar-refractivity contribution in [1.82, 2.24) is 14.5 Å². The largest absolute Gasteiger partial charge is 0.494 e. The van der Waals surface area contributed by atoms with E-state index < -0.39 is 28.5 Å². The first-order chi connectivity index (χ1) is 14.5. The number of benzene rings is 2. The van der Waals surface area contributed by atoms with Crippen molar-refractivity contribution in [2.24, 2.45) is 0 Å². The van der Waals surface area contributed by atoms with Gasteiger partial charge < -0.3 is 10.1 Å². The Hall–Kier alpha value is -4.13. The van der Waals surface area contributed by atoms with Crippen LogP contribution in [0.4, 0.5) is 0 Å². The van der Waals surface area contributed by atoms with Crippen molar-refractivity contribution in [2.45, 2.75) is 13.0 Å². The van der Waals surface area contributed by atoms with Crippen LogP contribution >= 0.6 is 0 Å². The summed E-state index contributed by atoms with van der Waals surface area (Å²) in [6.07, 6.45) is 4.99. The molecule has 0 aliphatic rings. The van der Waals surface area contributed by atoms with E-state index in [1.165, 1.54) is 6.08 Å². The number of carbonyl (C=O) groups is 1. The summed E-state index contributed by atoms with van der Waals surface area (Å²) in [5.74, 6) is -1.32. The summed E-state index contributed by atoms with van der Waals surface area (Å²) in [6, 6.07) is 17.0. The number of fused-ring (bicyclic) bond motifs is 1. The van der Waals surface area contributed by atoms with Crippen LogP contribution in [0.15, 0.2) is 76.5 Å². The molecule has 0 saturated carbocycles. The van der Waals surface area contributed by atoms with Gasteiger partial charge in [-0.3, -0.25) is 19.1 Å². The Bertz CT molecular complexity index is 1360. The molecule has 0 aliphatic carbocycles. The van der Waals surface area contributed by atoms with Crippen LogP contribution in [-0.2, 0) is 13.0 Å². The zero-order valence-corrected chi connectivity index (χ0v) is 16.0. The van der Waals surface area contributed by atoms with Gasteiger partial charge in [0, 0.05) is 23.6 Å². The molecule has 0 fully saturated rings. The first kappa shape index (κ1) is 19.2. The molecule has 0 atom stereocenters. The summed E-state index contributed by atoms with van der Waals surface area (Å²) >= 11 is 0. The third kappa shape index (κ3) is 3.73. The molecule has 4 rings (SSSR count). The van der Waals surface area contributed by atoms with Crippen LogP contribution in [0, 0.1) is 0 Å². The first-order valence-corrected chi connectivity index (χ1v) is 9.43. The molecule has 0 spiro atoms. The number of nitrogens with zero attached hydrogens (tertiary/aromatic N) is 1. The van der Waals surface area contributed by atoms with Gasteiger partial charge in [0.25, 0.3) is 5.56 Å². The Balaban J connectivity index is 1.63. The highest BCUT2D eigenvalue weighted by molar-refractivity contribution is 6.08. The molecule has 0 aliphatic heterocycles. The number of aryl methyl sites for hydroxylation is 1. The number of hydrogen-bond donors (Lipinski definition) is 3. The second-order valence-electron chi connectivity index (χ2n) is 6.83. The molecule has 0 amide bonds. The predicted molar refractivity (Wildman–Crippen MR) is 115 cm³/mol. The number of aromatic amines is 2. The van der Waals surface area contributed by atoms with E-state index in [0.717, 1.165) is 26.6 Å². The molecular weight excluding hydrogens is 382 g/mol. The van der Waals surface area contributed by atoms with E-state index in [1.807, 2.05) is 54.6 Å². The van der Waals surface area contributed by atoms with E-state index in [2.05, 4.69) is 9.97 Å². The SMILES string of the molecule is O=C(/C=C/c1c[nH]c2ccccc12)c1c(O)n(CCc2ccccc2)c(=O)[nH]c1=O. The number of H-pyrrole nitrogens is 2. The number of para-hydroxylation sites is 1.